The lowest BCUT2D eigenvalue weighted by atomic mass is 10.0. The van der Waals surface area contributed by atoms with E-state index in [0.717, 1.165) is 5.75 Å². The van der Waals surface area contributed by atoms with Crippen LogP contribution in [0.15, 0.2) is 42.6 Å². The zero-order chi connectivity index (χ0) is 13.8. The molecule has 19 heavy (non-hydrogen) atoms. The summed E-state index contributed by atoms with van der Waals surface area (Å²) >= 11 is 0. The summed E-state index contributed by atoms with van der Waals surface area (Å²) in [5.41, 5.74) is 7.05. The summed E-state index contributed by atoms with van der Waals surface area (Å²) in [5, 5.41) is 7.49. The van der Waals surface area contributed by atoms with Gasteiger partial charge in [0.15, 0.2) is 5.75 Å². The number of benzene rings is 1. The highest BCUT2D eigenvalue weighted by Gasteiger charge is 2.09. The third-order valence-corrected chi connectivity index (χ3v) is 2.78. The van der Waals surface area contributed by atoms with Crippen LogP contribution in [-0.4, -0.2) is 10.8 Å². The van der Waals surface area contributed by atoms with Gasteiger partial charge < -0.3 is 10.5 Å². The second-order valence-electron chi connectivity index (χ2n) is 4.59. The fraction of sp³-hybridized carbons (Fsp3) is 0.200. The number of nitrogens with one attached hydrogen (secondary N) is 1. The average Bonchev–Trinajstić information content (AvgIpc) is 2.39. The molecule has 2 aromatic rings. The largest absolute Gasteiger partial charge is 0.455 e. The average molecular weight is 255 g/mol. The Labute approximate surface area is 112 Å². The Morgan fingerprint density at radius 2 is 2.05 bits per heavy atom. The second-order valence-corrected chi connectivity index (χ2v) is 4.59. The third-order valence-electron chi connectivity index (χ3n) is 2.78. The molecule has 1 heterocycles. The molecular weight excluding hydrogens is 238 g/mol. The molecule has 1 aromatic carbocycles. The van der Waals surface area contributed by atoms with Gasteiger partial charge in [-0.3, -0.25) is 5.41 Å². The highest BCUT2D eigenvalue weighted by molar-refractivity contribution is 5.95. The number of nitrogens with two attached hydrogens (primary N) is 1. The number of pyridine rings is 1. The number of hydrogen-bond acceptors (Lipinski definition) is 3. The summed E-state index contributed by atoms with van der Waals surface area (Å²) in [6.07, 6.45) is 1.59. The van der Waals surface area contributed by atoms with Crippen molar-refractivity contribution >= 4 is 5.84 Å². The van der Waals surface area contributed by atoms with E-state index in [9.17, 15) is 0 Å². The lowest BCUT2D eigenvalue weighted by molar-refractivity contribution is 0.478. The van der Waals surface area contributed by atoms with Crippen LogP contribution in [0.25, 0.3) is 0 Å². The Bertz CT molecular complexity index is 593. The maximum atomic E-state index is 7.49. The van der Waals surface area contributed by atoms with E-state index in [1.54, 1.807) is 18.3 Å². The first-order chi connectivity index (χ1) is 9.08. The Morgan fingerprint density at radius 1 is 1.26 bits per heavy atom. The number of ether oxygens (including phenoxy) is 1. The minimum atomic E-state index is -0.101. The summed E-state index contributed by atoms with van der Waals surface area (Å²) in [7, 11) is 0. The standard InChI is InChI=1S/C15H17N3O/c1-10(2)11-5-3-6-12(9-11)19-13-7-4-8-18-14(13)15(16)17/h3-10H,1-2H3,(H3,16,17). The SMILES string of the molecule is CC(C)c1cccc(Oc2cccnc2C(=N)N)c1. The third kappa shape index (κ3) is 3.10. The molecule has 0 aliphatic carbocycles. The monoisotopic (exact) mass is 255 g/mol. The summed E-state index contributed by atoms with van der Waals surface area (Å²) < 4.78 is 5.78. The lowest BCUT2D eigenvalue weighted by Crippen LogP contribution is -2.14. The molecule has 0 fully saturated rings. The fourth-order valence-corrected chi connectivity index (χ4v) is 1.74. The van der Waals surface area contributed by atoms with Gasteiger partial charge in [0.05, 0.1) is 0 Å². The van der Waals surface area contributed by atoms with Crippen LogP contribution in [0.3, 0.4) is 0 Å². The van der Waals surface area contributed by atoms with Crippen molar-refractivity contribution in [3.05, 3.63) is 53.9 Å². The zero-order valence-electron chi connectivity index (χ0n) is 11.1. The van der Waals surface area contributed by atoms with Crippen LogP contribution < -0.4 is 10.5 Å². The fourth-order valence-electron chi connectivity index (χ4n) is 1.74. The highest BCUT2D eigenvalue weighted by Crippen LogP contribution is 2.26. The molecule has 0 bridgehead atoms. The van der Waals surface area contributed by atoms with Gasteiger partial charge in [0.2, 0.25) is 0 Å². The molecule has 3 N–H and O–H groups in total. The van der Waals surface area contributed by atoms with Crippen molar-refractivity contribution in [2.45, 2.75) is 19.8 Å². The second kappa shape index (κ2) is 5.52. The Hall–Kier alpha value is -2.36. The van der Waals surface area contributed by atoms with Gasteiger partial charge in [-0.2, -0.15) is 0 Å². The number of rotatable bonds is 4. The maximum Gasteiger partial charge on any atom is 0.156 e. The van der Waals surface area contributed by atoms with E-state index in [2.05, 4.69) is 24.9 Å². The molecule has 4 heteroatoms. The van der Waals surface area contributed by atoms with E-state index < -0.39 is 0 Å². The van der Waals surface area contributed by atoms with E-state index in [1.165, 1.54) is 5.56 Å². The first-order valence-corrected chi connectivity index (χ1v) is 6.15. The molecule has 0 saturated heterocycles. The van der Waals surface area contributed by atoms with E-state index in [0.29, 0.717) is 17.4 Å². The van der Waals surface area contributed by atoms with Crippen molar-refractivity contribution in [2.24, 2.45) is 5.73 Å². The molecule has 0 aliphatic rings. The molecule has 0 saturated carbocycles. The first kappa shape index (κ1) is 13.1. The molecule has 1 aromatic heterocycles. The molecule has 4 nitrogen and oxygen atoms in total. The van der Waals surface area contributed by atoms with Gasteiger partial charge >= 0.3 is 0 Å². The molecule has 0 unspecified atom stereocenters. The lowest BCUT2D eigenvalue weighted by Gasteiger charge is -2.11. The van der Waals surface area contributed by atoms with Crippen molar-refractivity contribution in [1.29, 1.82) is 5.41 Å². The van der Waals surface area contributed by atoms with Crippen LogP contribution >= 0.6 is 0 Å². The first-order valence-electron chi connectivity index (χ1n) is 6.15. The Kier molecular flexibility index (Phi) is 3.80. The van der Waals surface area contributed by atoms with Crippen molar-refractivity contribution in [3.8, 4) is 11.5 Å². The van der Waals surface area contributed by atoms with Crippen molar-refractivity contribution in [2.75, 3.05) is 0 Å². The van der Waals surface area contributed by atoms with E-state index in [-0.39, 0.29) is 5.84 Å². The minimum Gasteiger partial charge on any atom is -0.455 e. The molecule has 0 atom stereocenters. The van der Waals surface area contributed by atoms with Gasteiger partial charge in [-0.1, -0.05) is 26.0 Å². The predicted molar refractivity (Wildman–Crippen MR) is 75.9 cm³/mol. The van der Waals surface area contributed by atoms with Gasteiger partial charge in [0.1, 0.15) is 17.3 Å². The predicted octanol–water partition coefficient (Wildman–Crippen LogP) is 3.28. The van der Waals surface area contributed by atoms with Gasteiger partial charge in [-0.25, -0.2) is 4.98 Å². The van der Waals surface area contributed by atoms with Crippen LogP contribution in [0.4, 0.5) is 0 Å². The van der Waals surface area contributed by atoms with E-state index >= 15 is 0 Å². The minimum absolute atomic E-state index is 0.101. The summed E-state index contributed by atoms with van der Waals surface area (Å²) in [6, 6.07) is 11.4. The molecule has 0 radical (unpaired) electrons. The number of amidine groups is 1. The Balaban J connectivity index is 2.31. The summed E-state index contributed by atoms with van der Waals surface area (Å²) in [5.74, 6) is 1.55. The topological polar surface area (TPSA) is 72.0 Å². The molecule has 98 valence electrons. The quantitative estimate of drug-likeness (QED) is 0.650. The molecule has 2 rings (SSSR count). The number of hydrogen-bond donors (Lipinski definition) is 2. The maximum absolute atomic E-state index is 7.49. The van der Waals surface area contributed by atoms with Crippen LogP contribution in [0.1, 0.15) is 31.0 Å². The number of nitrogens with zero attached hydrogens (tertiary/aromatic N) is 1. The molecular formula is C15H17N3O. The number of aromatic nitrogens is 1. The molecule has 0 aliphatic heterocycles. The van der Waals surface area contributed by atoms with Crippen LogP contribution in [-0.2, 0) is 0 Å². The summed E-state index contributed by atoms with van der Waals surface area (Å²) in [4.78, 5) is 4.06. The van der Waals surface area contributed by atoms with Gasteiger partial charge in [-0.05, 0) is 35.7 Å². The van der Waals surface area contributed by atoms with Gasteiger partial charge in [-0.15, -0.1) is 0 Å². The van der Waals surface area contributed by atoms with Crippen LogP contribution in [0.5, 0.6) is 11.5 Å². The normalized spacial score (nSPS) is 10.5. The van der Waals surface area contributed by atoms with Gasteiger partial charge in [0, 0.05) is 6.20 Å². The van der Waals surface area contributed by atoms with Crippen molar-refractivity contribution in [1.82, 2.24) is 4.98 Å². The van der Waals surface area contributed by atoms with E-state index in [1.807, 2.05) is 18.2 Å². The van der Waals surface area contributed by atoms with E-state index in [4.69, 9.17) is 15.9 Å². The van der Waals surface area contributed by atoms with Crippen LogP contribution in [0, 0.1) is 5.41 Å². The van der Waals surface area contributed by atoms with Crippen molar-refractivity contribution in [3.63, 3.8) is 0 Å². The molecule has 0 amide bonds. The summed E-state index contributed by atoms with van der Waals surface area (Å²) in [6.45, 7) is 4.26. The number of nitrogen functional groups attached to an aromatic ring is 1. The molecule has 0 spiro atoms. The smallest absolute Gasteiger partial charge is 0.156 e. The van der Waals surface area contributed by atoms with Crippen LogP contribution in [0.2, 0.25) is 0 Å². The highest BCUT2D eigenvalue weighted by atomic mass is 16.5. The Morgan fingerprint density at radius 3 is 2.74 bits per heavy atom. The zero-order valence-corrected chi connectivity index (χ0v) is 11.1. The van der Waals surface area contributed by atoms with Crippen molar-refractivity contribution < 1.29 is 4.74 Å². The van der Waals surface area contributed by atoms with Gasteiger partial charge in [0.25, 0.3) is 0 Å².